The summed E-state index contributed by atoms with van der Waals surface area (Å²) in [5.74, 6) is 2.66. The zero-order valence-electron chi connectivity index (χ0n) is 12.4. The lowest BCUT2D eigenvalue weighted by Gasteiger charge is -2.32. The fourth-order valence-corrected chi connectivity index (χ4v) is 2.38. The Bertz CT molecular complexity index is 438. The van der Waals surface area contributed by atoms with Crippen LogP contribution in [0.1, 0.15) is 39.4 Å². The molecule has 0 aromatic carbocycles. The minimum Gasteiger partial charge on any atom is -0.365 e. The molecular weight excluding hydrogens is 238 g/mol. The van der Waals surface area contributed by atoms with Crippen molar-refractivity contribution >= 4 is 11.6 Å². The van der Waals surface area contributed by atoms with Crippen molar-refractivity contribution in [3.8, 4) is 0 Å². The van der Waals surface area contributed by atoms with Crippen LogP contribution < -0.4 is 16.0 Å². The molecule has 1 atom stereocenters. The van der Waals surface area contributed by atoms with E-state index in [1.54, 1.807) is 0 Å². The monoisotopic (exact) mass is 263 g/mol. The number of piperidine rings is 1. The van der Waals surface area contributed by atoms with Crippen LogP contribution in [0.3, 0.4) is 0 Å². The van der Waals surface area contributed by atoms with Crippen molar-refractivity contribution in [3.05, 3.63) is 11.9 Å². The zero-order valence-corrected chi connectivity index (χ0v) is 12.4. The zero-order chi connectivity index (χ0) is 14.0. The summed E-state index contributed by atoms with van der Waals surface area (Å²) in [5.41, 5.74) is 6.04. The average Bonchev–Trinajstić information content (AvgIpc) is 2.25. The van der Waals surface area contributed by atoms with Crippen molar-refractivity contribution in [3.63, 3.8) is 0 Å². The minimum atomic E-state index is -0.00361. The van der Waals surface area contributed by atoms with Gasteiger partial charge in [0.15, 0.2) is 0 Å². The third-order valence-corrected chi connectivity index (χ3v) is 3.11. The van der Waals surface area contributed by atoms with Crippen LogP contribution in [-0.4, -0.2) is 34.6 Å². The smallest absolute Gasteiger partial charge is 0.134 e. The highest BCUT2D eigenvalue weighted by Gasteiger charge is 2.19. The predicted molar refractivity (Wildman–Crippen MR) is 79.6 cm³/mol. The standard InChI is InChI=1S/C14H25N5/c1-10-16-12(18-14(2,3)4)8-13(17-10)19-7-5-6-11(15)9-19/h8,11H,5-7,9,15H2,1-4H3,(H,16,17,18). The van der Waals surface area contributed by atoms with Crippen molar-refractivity contribution in [2.24, 2.45) is 5.73 Å². The largest absolute Gasteiger partial charge is 0.365 e. The Morgan fingerprint density at radius 1 is 1.37 bits per heavy atom. The first-order valence-corrected chi connectivity index (χ1v) is 6.98. The molecule has 1 aliphatic rings. The highest BCUT2D eigenvalue weighted by Crippen LogP contribution is 2.21. The molecule has 5 heteroatoms. The van der Waals surface area contributed by atoms with Crippen molar-refractivity contribution in [2.75, 3.05) is 23.3 Å². The van der Waals surface area contributed by atoms with Crippen LogP contribution in [0.5, 0.6) is 0 Å². The highest BCUT2D eigenvalue weighted by atomic mass is 15.2. The van der Waals surface area contributed by atoms with Gasteiger partial charge in [0.25, 0.3) is 0 Å². The Kier molecular flexibility index (Phi) is 3.94. The number of hydrogen-bond acceptors (Lipinski definition) is 5. The number of rotatable bonds is 2. The van der Waals surface area contributed by atoms with Gasteiger partial charge < -0.3 is 16.0 Å². The van der Waals surface area contributed by atoms with E-state index in [0.717, 1.165) is 43.4 Å². The third kappa shape index (κ3) is 4.06. The molecule has 1 unspecified atom stereocenters. The lowest BCUT2D eigenvalue weighted by Crippen LogP contribution is -2.43. The van der Waals surface area contributed by atoms with Crippen LogP contribution in [-0.2, 0) is 0 Å². The van der Waals surface area contributed by atoms with E-state index in [9.17, 15) is 0 Å². The number of anilines is 2. The van der Waals surface area contributed by atoms with Gasteiger partial charge in [-0.15, -0.1) is 0 Å². The molecule has 1 aromatic rings. The van der Waals surface area contributed by atoms with Gasteiger partial charge in [-0.3, -0.25) is 0 Å². The van der Waals surface area contributed by atoms with Gasteiger partial charge in [-0.25, -0.2) is 9.97 Å². The minimum absolute atomic E-state index is 0.00361. The van der Waals surface area contributed by atoms with Gasteiger partial charge in [-0.2, -0.15) is 0 Å². The van der Waals surface area contributed by atoms with Crippen molar-refractivity contribution in [2.45, 2.75) is 52.1 Å². The van der Waals surface area contributed by atoms with Gasteiger partial charge in [-0.05, 0) is 40.5 Å². The van der Waals surface area contributed by atoms with Gasteiger partial charge >= 0.3 is 0 Å². The fraction of sp³-hybridized carbons (Fsp3) is 0.714. The quantitative estimate of drug-likeness (QED) is 0.853. The summed E-state index contributed by atoms with van der Waals surface area (Å²) in [4.78, 5) is 11.3. The van der Waals surface area contributed by atoms with Crippen LogP contribution in [0, 0.1) is 6.92 Å². The maximum Gasteiger partial charge on any atom is 0.134 e. The first kappa shape index (κ1) is 14.1. The molecule has 3 N–H and O–H groups in total. The molecule has 1 saturated heterocycles. The van der Waals surface area contributed by atoms with E-state index in [1.165, 1.54) is 0 Å². The number of aromatic nitrogens is 2. The predicted octanol–water partition coefficient (Wildman–Crippen LogP) is 1.92. The lowest BCUT2D eigenvalue weighted by atomic mass is 10.1. The third-order valence-electron chi connectivity index (χ3n) is 3.11. The highest BCUT2D eigenvalue weighted by molar-refractivity contribution is 5.50. The summed E-state index contributed by atoms with van der Waals surface area (Å²) in [6.45, 7) is 10.2. The second-order valence-electron chi connectivity index (χ2n) is 6.38. The van der Waals surface area contributed by atoms with Crippen molar-refractivity contribution < 1.29 is 0 Å². The summed E-state index contributed by atoms with van der Waals surface area (Å²) < 4.78 is 0. The van der Waals surface area contributed by atoms with E-state index in [2.05, 4.69) is 41.0 Å². The van der Waals surface area contributed by atoms with Gasteiger partial charge in [0.05, 0.1) is 0 Å². The normalized spacial score (nSPS) is 20.5. The molecule has 0 aliphatic carbocycles. The first-order valence-electron chi connectivity index (χ1n) is 6.98. The Morgan fingerprint density at radius 2 is 2.11 bits per heavy atom. The molecule has 0 amide bonds. The average molecular weight is 263 g/mol. The summed E-state index contributed by atoms with van der Waals surface area (Å²) in [7, 11) is 0. The van der Waals surface area contributed by atoms with Gasteiger partial charge in [-0.1, -0.05) is 0 Å². The van der Waals surface area contributed by atoms with E-state index in [4.69, 9.17) is 5.73 Å². The molecule has 106 valence electrons. The van der Waals surface area contributed by atoms with Crippen LogP contribution in [0.25, 0.3) is 0 Å². The Labute approximate surface area is 115 Å². The number of nitrogens with one attached hydrogen (secondary N) is 1. The van der Waals surface area contributed by atoms with Crippen molar-refractivity contribution in [1.82, 2.24) is 9.97 Å². The molecule has 2 heterocycles. The Hall–Kier alpha value is -1.36. The second kappa shape index (κ2) is 5.33. The summed E-state index contributed by atoms with van der Waals surface area (Å²) in [5, 5.41) is 3.40. The fourth-order valence-electron chi connectivity index (χ4n) is 2.38. The van der Waals surface area contributed by atoms with E-state index in [1.807, 2.05) is 13.0 Å². The summed E-state index contributed by atoms with van der Waals surface area (Å²) in [6.07, 6.45) is 2.24. The maximum absolute atomic E-state index is 6.04. The van der Waals surface area contributed by atoms with Gasteiger partial charge in [0.2, 0.25) is 0 Å². The molecule has 1 aromatic heterocycles. The summed E-state index contributed by atoms with van der Waals surface area (Å²) >= 11 is 0. The SMILES string of the molecule is Cc1nc(NC(C)(C)C)cc(N2CCCC(N)C2)n1. The second-order valence-corrected chi connectivity index (χ2v) is 6.38. The molecule has 0 spiro atoms. The van der Waals surface area contributed by atoms with Gasteiger partial charge in [0, 0.05) is 30.7 Å². The molecular formula is C14H25N5. The number of hydrogen-bond donors (Lipinski definition) is 2. The maximum atomic E-state index is 6.04. The molecule has 19 heavy (non-hydrogen) atoms. The van der Waals surface area contributed by atoms with E-state index < -0.39 is 0 Å². The van der Waals surface area contributed by atoms with Crippen molar-refractivity contribution in [1.29, 1.82) is 0 Å². The molecule has 1 aliphatic heterocycles. The number of nitrogens with two attached hydrogens (primary N) is 1. The molecule has 1 fully saturated rings. The molecule has 0 radical (unpaired) electrons. The van der Waals surface area contributed by atoms with E-state index in [-0.39, 0.29) is 11.6 Å². The number of aryl methyl sites for hydroxylation is 1. The Morgan fingerprint density at radius 3 is 2.74 bits per heavy atom. The molecule has 5 nitrogen and oxygen atoms in total. The molecule has 0 saturated carbocycles. The van der Waals surface area contributed by atoms with Crippen LogP contribution >= 0.6 is 0 Å². The van der Waals surface area contributed by atoms with E-state index >= 15 is 0 Å². The topological polar surface area (TPSA) is 67.1 Å². The number of nitrogens with zero attached hydrogens (tertiary/aromatic N) is 3. The molecule has 2 rings (SSSR count). The summed E-state index contributed by atoms with van der Waals surface area (Å²) in [6, 6.07) is 2.28. The van der Waals surface area contributed by atoms with Gasteiger partial charge in [0.1, 0.15) is 17.5 Å². The first-order chi connectivity index (χ1) is 8.83. The Balaban J connectivity index is 2.21. The van der Waals surface area contributed by atoms with E-state index in [0.29, 0.717) is 0 Å². The van der Waals surface area contributed by atoms with Crippen LogP contribution in [0.15, 0.2) is 6.07 Å². The molecule has 0 bridgehead atoms. The lowest BCUT2D eigenvalue weighted by molar-refractivity contribution is 0.502. The van der Waals surface area contributed by atoms with Crippen LogP contribution in [0.2, 0.25) is 0 Å². The van der Waals surface area contributed by atoms with Crippen LogP contribution in [0.4, 0.5) is 11.6 Å².